The highest BCUT2D eigenvalue weighted by atomic mass is 16.5. The number of para-hydroxylation sites is 3. The van der Waals surface area contributed by atoms with Crippen LogP contribution in [0.25, 0.3) is 5.69 Å². The van der Waals surface area contributed by atoms with Gasteiger partial charge in [0.25, 0.3) is 11.5 Å². The fraction of sp³-hybridized carbons (Fsp3) is 0.190. The van der Waals surface area contributed by atoms with E-state index >= 15 is 0 Å². The number of hydrogen-bond acceptors (Lipinski definition) is 9. The number of carbonyl (C=O) groups excluding carboxylic acids is 3. The summed E-state index contributed by atoms with van der Waals surface area (Å²) >= 11 is 0. The van der Waals surface area contributed by atoms with Crippen LogP contribution in [0, 0.1) is 6.92 Å². The molecular weight excluding hydrogens is 711 g/mol. The molecule has 0 atom stereocenters. The molecule has 0 aliphatic carbocycles. The predicted octanol–water partition coefficient (Wildman–Crippen LogP) is 7.56. The van der Waals surface area contributed by atoms with Crippen molar-refractivity contribution in [2.75, 3.05) is 27.0 Å². The smallest absolute Gasteiger partial charge is 0.284 e. The van der Waals surface area contributed by atoms with E-state index in [0.29, 0.717) is 70.2 Å². The Morgan fingerprint density at radius 1 is 0.714 bits per heavy atom. The quantitative estimate of drug-likeness (QED) is 0.0491. The first-order chi connectivity index (χ1) is 27.1. The van der Waals surface area contributed by atoms with Crippen LogP contribution in [-0.4, -0.2) is 37.1 Å². The van der Waals surface area contributed by atoms with Gasteiger partial charge in [0.1, 0.15) is 11.3 Å². The van der Waals surface area contributed by atoms with Gasteiger partial charge in [0.15, 0.2) is 0 Å². The molecule has 0 bridgehead atoms. The Balaban J connectivity index is 0.928. The van der Waals surface area contributed by atoms with E-state index in [9.17, 15) is 19.2 Å². The largest absolute Gasteiger partial charge is 0.439 e. The van der Waals surface area contributed by atoms with Crippen molar-refractivity contribution in [1.82, 2.24) is 19.3 Å². The van der Waals surface area contributed by atoms with Crippen molar-refractivity contribution in [2.45, 2.75) is 45.4 Å². The summed E-state index contributed by atoms with van der Waals surface area (Å²) in [5, 5.41) is 11.7. The molecule has 0 aliphatic heterocycles. The number of hydrogen-bond donors (Lipinski definition) is 5. The molecule has 0 unspecified atom stereocenters. The van der Waals surface area contributed by atoms with E-state index in [1.165, 1.54) is 4.68 Å². The number of aromatic nitrogens is 4. The molecule has 2 heterocycles. The Morgan fingerprint density at radius 2 is 1.32 bits per heavy atom. The van der Waals surface area contributed by atoms with Gasteiger partial charge < -0.3 is 31.7 Å². The van der Waals surface area contributed by atoms with E-state index in [1.54, 1.807) is 79.4 Å². The number of unbranched alkanes of at least 4 members (excludes halogenated alkanes) is 3. The van der Waals surface area contributed by atoms with Crippen molar-refractivity contribution < 1.29 is 19.1 Å². The molecular formula is C42H43N9O5. The molecule has 0 saturated heterocycles. The number of anilines is 6. The minimum atomic E-state index is -0.508. The maximum absolute atomic E-state index is 13.2. The summed E-state index contributed by atoms with van der Waals surface area (Å²) in [6.45, 7) is 1.73. The fourth-order valence-corrected chi connectivity index (χ4v) is 5.95. The van der Waals surface area contributed by atoms with Crippen LogP contribution in [0.3, 0.4) is 0 Å². The van der Waals surface area contributed by atoms with Crippen LogP contribution in [0.5, 0.6) is 11.6 Å². The van der Waals surface area contributed by atoms with Gasteiger partial charge in [0, 0.05) is 49.2 Å². The molecule has 2 aromatic heterocycles. The molecule has 14 nitrogen and oxygen atoms in total. The molecule has 0 fully saturated rings. The summed E-state index contributed by atoms with van der Waals surface area (Å²) in [6.07, 6.45) is 5.50. The lowest BCUT2D eigenvalue weighted by Gasteiger charge is -2.10. The fourth-order valence-electron chi connectivity index (χ4n) is 5.95. The van der Waals surface area contributed by atoms with Crippen LogP contribution in [0.1, 0.15) is 54.6 Å². The number of amides is 3. The Labute approximate surface area is 323 Å². The van der Waals surface area contributed by atoms with Crippen molar-refractivity contribution in [1.29, 1.82) is 0 Å². The second kappa shape index (κ2) is 18.2. The number of nitrogens with one attached hydrogen (secondary N) is 4. The summed E-state index contributed by atoms with van der Waals surface area (Å²) in [6, 6.07) is 31.8. The molecule has 0 radical (unpaired) electrons. The third kappa shape index (κ3) is 10.0. The molecule has 6 aromatic rings. The van der Waals surface area contributed by atoms with Gasteiger partial charge in [-0.1, -0.05) is 43.2 Å². The first kappa shape index (κ1) is 38.5. The number of rotatable bonds is 16. The highest BCUT2D eigenvalue weighted by Crippen LogP contribution is 2.24. The van der Waals surface area contributed by atoms with E-state index in [-0.39, 0.29) is 17.4 Å². The number of benzene rings is 4. The molecule has 14 heteroatoms. The van der Waals surface area contributed by atoms with Crippen molar-refractivity contribution in [3.8, 4) is 17.3 Å². The summed E-state index contributed by atoms with van der Waals surface area (Å²) in [5.41, 5.74) is 9.75. The molecule has 6 N–H and O–H groups in total. The molecule has 0 spiro atoms. The SMILES string of the molecule is Cc1c(C(=O)Nc2ccc(Oc3ccnc(Nc4ccc(NC(=O)CCCCCCC(=O)Nc5ccccc5N)cc4)n3)cc2)c(=O)n(-c2ccccc2)n1C. The summed E-state index contributed by atoms with van der Waals surface area (Å²) in [4.78, 5) is 59.8. The van der Waals surface area contributed by atoms with Crippen LogP contribution in [0.4, 0.5) is 34.4 Å². The van der Waals surface area contributed by atoms with Gasteiger partial charge in [-0.3, -0.25) is 23.9 Å². The monoisotopic (exact) mass is 753 g/mol. The van der Waals surface area contributed by atoms with Gasteiger partial charge in [0.2, 0.25) is 23.6 Å². The van der Waals surface area contributed by atoms with E-state index in [0.717, 1.165) is 25.7 Å². The van der Waals surface area contributed by atoms with Crippen molar-refractivity contribution in [3.05, 3.63) is 137 Å². The normalized spacial score (nSPS) is 10.8. The zero-order valence-corrected chi connectivity index (χ0v) is 31.1. The minimum Gasteiger partial charge on any atom is -0.439 e. The van der Waals surface area contributed by atoms with Gasteiger partial charge >= 0.3 is 0 Å². The zero-order valence-electron chi connectivity index (χ0n) is 31.1. The van der Waals surface area contributed by atoms with E-state index in [4.69, 9.17) is 10.5 Å². The van der Waals surface area contributed by atoms with Crippen LogP contribution in [-0.2, 0) is 16.6 Å². The topological polar surface area (TPSA) is 187 Å². The van der Waals surface area contributed by atoms with Crippen molar-refractivity contribution in [2.24, 2.45) is 7.05 Å². The molecule has 4 aromatic carbocycles. The molecule has 6 rings (SSSR count). The van der Waals surface area contributed by atoms with Gasteiger partial charge in [-0.05, 0) is 92.6 Å². The maximum atomic E-state index is 13.2. The standard InChI is InChI=1S/C42H43N9O5/c1-28-39(41(55)51(50(28)2)32-12-6-5-7-13-32)40(54)46-30-22-24-33(25-23-30)56-38-26-27-44-42(49-38)47-31-20-18-29(19-21-31)45-36(52)16-8-3-4-9-17-37(53)48-35-15-11-10-14-34(35)43/h5-7,10-15,18-27H,3-4,8-9,16-17,43H2,1-2H3,(H,45,52)(H,46,54)(H,48,53)(H,44,47,49). The Hall–Kier alpha value is -7.22. The Morgan fingerprint density at radius 3 is 2.02 bits per heavy atom. The number of nitrogen functional groups attached to an aromatic ring is 1. The third-order valence-corrected chi connectivity index (χ3v) is 8.96. The number of nitrogens with two attached hydrogens (primary N) is 1. The molecule has 0 saturated carbocycles. The summed E-state index contributed by atoms with van der Waals surface area (Å²) in [5.74, 6) is 0.426. The number of nitrogens with zero attached hydrogens (tertiary/aromatic N) is 4. The summed E-state index contributed by atoms with van der Waals surface area (Å²) < 4.78 is 9.05. The lowest BCUT2D eigenvalue weighted by molar-refractivity contribution is -0.117. The van der Waals surface area contributed by atoms with E-state index in [2.05, 4.69) is 31.2 Å². The first-order valence-electron chi connectivity index (χ1n) is 18.2. The van der Waals surface area contributed by atoms with Crippen LogP contribution in [0.2, 0.25) is 0 Å². The Kier molecular flexibility index (Phi) is 12.5. The molecule has 286 valence electrons. The number of carbonyl (C=O) groups is 3. The van der Waals surface area contributed by atoms with Gasteiger partial charge in [-0.2, -0.15) is 4.98 Å². The summed E-state index contributed by atoms with van der Waals surface area (Å²) in [7, 11) is 1.74. The molecule has 0 aliphatic rings. The highest BCUT2D eigenvalue weighted by Gasteiger charge is 2.22. The average Bonchev–Trinajstić information content (AvgIpc) is 3.42. The van der Waals surface area contributed by atoms with Gasteiger partial charge in [0.05, 0.1) is 22.8 Å². The highest BCUT2D eigenvalue weighted by molar-refractivity contribution is 6.05. The number of ether oxygens (including phenoxy) is 1. The lowest BCUT2D eigenvalue weighted by atomic mass is 10.1. The lowest BCUT2D eigenvalue weighted by Crippen LogP contribution is -2.25. The van der Waals surface area contributed by atoms with Gasteiger partial charge in [-0.15, -0.1) is 0 Å². The van der Waals surface area contributed by atoms with Crippen LogP contribution >= 0.6 is 0 Å². The zero-order chi connectivity index (χ0) is 39.4. The predicted molar refractivity (Wildman–Crippen MR) is 218 cm³/mol. The minimum absolute atomic E-state index is 0.0614. The van der Waals surface area contributed by atoms with Crippen LogP contribution < -0.4 is 37.3 Å². The molecule has 3 amide bonds. The third-order valence-electron chi connectivity index (χ3n) is 8.96. The van der Waals surface area contributed by atoms with Crippen LogP contribution in [0.15, 0.2) is 120 Å². The Bertz CT molecular complexity index is 2360. The second-order valence-electron chi connectivity index (χ2n) is 13.0. The molecule has 56 heavy (non-hydrogen) atoms. The first-order valence-corrected chi connectivity index (χ1v) is 18.2. The maximum Gasteiger partial charge on any atom is 0.284 e. The van der Waals surface area contributed by atoms with Crippen molar-refractivity contribution >= 4 is 52.1 Å². The van der Waals surface area contributed by atoms with Crippen molar-refractivity contribution in [3.63, 3.8) is 0 Å². The average molecular weight is 754 g/mol. The van der Waals surface area contributed by atoms with E-state index < -0.39 is 11.5 Å². The second-order valence-corrected chi connectivity index (χ2v) is 13.0. The van der Waals surface area contributed by atoms with E-state index in [1.807, 2.05) is 54.6 Å². The van der Waals surface area contributed by atoms with Gasteiger partial charge in [-0.25, -0.2) is 9.67 Å².